The lowest BCUT2D eigenvalue weighted by atomic mass is 9.98. The van der Waals surface area contributed by atoms with Crippen LogP contribution in [-0.2, 0) is 23.9 Å². The number of unbranched alkanes of at least 4 members (excludes halogenated alkanes) is 2. The van der Waals surface area contributed by atoms with E-state index in [4.69, 9.17) is 9.47 Å². The highest BCUT2D eigenvalue weighted by atomic mass is 16.6. The first kappa shape index (κ1) is 31.9. The number of esters is 1. The van der Waals surface area contributed by atoms with E-state index in [1.165, 1.54) is 4.90 Å². The van der Waals surface area contributed by atoms with Gasteiger partial charge in [0.15, 0.2) is 0 Å². The van der Waals surface area contributed by atoms with Gasteiger partial charge >= 0.3 is 12.1 Å². The molecule has 0 aromatic heterocycles. The summed E-state index contributed by atoms with van der Waals surface area (Å²) >= 11 is 0. The quantitative estimate of drug-likeness (QED) is 0.296. The van der Waals surface area contributed by atoms with Crippen molar-refractivity contribution in [3.8, 4) is 0 Å². The first-order valence-corrected chi connectivity index (χ1v) is 13.1. The Morgan fingerprint density at radius 3 is 2.27 bits per heavy atom. The molecular weight excluding hydrogens is 474 g/mol. The fourth-order valence-corrected chi connectivity index (χ4v) is 3.72. The molecule has 1 rings (SSSR count). The predicted octanol–water partition coefficient (Wildman–Crippen LogP) is 4.35. The number of rotatable bonds is 13. The minimum absolute atomic E-state index is 0.0274. The van der Waals surface area contributed by atoms with Crippen molar-refractivity contribution in [2.24, 2.45) is 0 Å². The van der Waals surface area contributed by atoms with E-state index >= 15 is 0 Å². The van der Waals surface area contributed by atoms with Gasteiger partial charge in [0.05, 0.1) is 13.0 Å². The van der Waals surface area contributed by atoms with Crippen LogP contribution in [0, 0.1) is 13.8 Å². The minimum atomic E-state index is -0.936. The second-order valence-electron chi connectivity index (χ2n) is 10.2. The zero-order valence-corrected chi connectivity index (χ0v) is 23.7. The number of ether oxygens (including phenoxy) is 2. The molecule has 9 nitrogen and oxygen atoms in total. The van der Waals surface area contributed by atoms with Gasteiger partial charge < -0.3 is 25.0 Å². The summed E-state index contributed by atoms with van der Waals surface area (Å²) in [4.78, 5) is 52.8. The minimum Gasteiger partial charge on any atom is -0.466 e. The van der Waals surface area contributed by atoms with Crippen molar-refractivity contribution < 1.29 is 28.7 Å². The molecule has 0 heterocycles. The molecule has 0 spiro atoms. The molecule has 0 saturated carbocycles. The van der Waals surface area contributed by atoms with Crippen molar-refractivity contribution in [2.45, 2.75) is 98.8 Å². The molecule has 3 amide bonds. The largest absolute Gasteiger partial charge is 0.466 e. The smallest absolute Gasteiger partial charge is 0.408 e. The Bertz CT molecular complexity index is 925. The van der Waals surface area contributed by atoms with Crippen LogP contribution in [0.1, 0.15) is 90.0 Å². The Hall–Kier alpha value is -3.10. The normalized spacial score (nSPS) is 12.8. The SMILES string of the molecule is CCCCCN(C(=O)C(C)NC(=O)OC(C)(C)C)C(C(=O)NCCC(=O)OCC)c1ccc(C)c(C)c1. The fraction of sp³-hybridized carbons (Fsp3) is 0.643. The number of nitrogens with zero attached hydrogens (tertiary/aromatic N) is 1. The highest BCUT2D eigenvalue weighted by Gasteiger charge is 2.34. The summed E-state index contributed by atoms with van der Waals surface area (Å²) in [7, 11) is 0. The molecule has 0 aliphatic heterocycles. The van der Waals surface area contributed by atoms with Crippen LogP contribution < -0.4 is 10.6 Å². The van der Waals surface area contributed by atoms with Crippen LogP contribution in [-0.4, -0.2) is 60.1 Å². The van der Waals surface area contributed by atoms with Crippen LogP contribution in [0.2, 0.25) is 0 Å². The maximum atomic E-state index is 13.7. The van der Waals surface area contributed by atoms with Crippen LogP contribution in [0.25, 0.3) is 0 Å². The van der Waals surface area contributed by atoms with Gasteiger partial charge in [0.2, 0.25) is 11.8 Å². The van der Waals surface area contributed by atoms with Crippen molar-refractivity contribution in [1.82, 2.24) is 15.5 Å². The Balaban J connectivity index is 3.30. The Kier molecular flexibility index (Phi) is 13.1. The Morgan fingerprint density at radius 2 is 1.70 bits per heavy atom. The van der Waals surface area contributed by atoms with Crippen LogP contribution in [0.5, 0.6) is 0 Å². The summed E-state index contributed by atoms with van der Waals surface area (Å²) < 4.78 is 10.3. The molecular formula is C28H45N3O6. The molecule has 1 aromatic carbocycles. The average Bonchev–Trinajstić information content (AvgIpc) is 2.79. The van der Waals surface area contributed by atoms with Crippen LogP contribution >= 0.6 is 0 Å². The number of aryl methyl sites for hydroxylation is 2. The first-order chi connectivity index (χ1) is 17.3. The van der Waals surface area contributed by atoms with Gasteiger partial charge in [-0.05, 0) is 71.6 Å². The van der Waals surface area contributed by atoms with Gasteiger partial charge in [-0.1, -0.05) is 38.0 Å². The van der Waals surface area contributed by atoms with Crippen molar-refractivity contribution in [3.63, 3.8) is 0 Å². The number of amides is 3. The lowest BCUT2D eigenvalue weighted by Crippen LogP contribution is -2.52. The third-order valence-corrected chi connectivity index (χ3v) is 5.73. The maximum Gasteiger partial charge on any atom is 0.408 e. The number of carbonyl (C=O) groups excluding carboxylic acids is 4. The van der Waals surface area contributed by atoms with Gasteiger partial charge in [-0.3, -0.25) is 14.4 Å². The van der Waals surface area contributed by atoms with Crippen molar-refractivity contribution in [1.29, 1.82) is 0 Å². The van der Waals surface area contributed by atoms with E-state index in [2.05, 4.69) is 17.6 Å². The van der Waals surface area contributed by atoms with Gasteiger partial charge in [0.25, 0.3) is 0 Å². The lowest BCUT2D eigenvalue weighted by Gasteiger charge is -2.34. The van der Waals surface area contributed by atoms with Crippen LogP contribution in [0.4, 0.5) is 4.79 Å². The second-order valence-corrected chi connectivity index (χ2v) is 10.2. The van der Waals surface area contributed by atoms with Gasteiger partial charge in [-0.25, -0.2) is 4.79 Å². The number of hydrogen-bond donors (Lipinski definition) is 2. The molecule has 37 heavy (non-hydrogen) atoms. The highest BCUT2D eigenvalue weighted by molar-refractivity contribution is 5.92. The molecule has 0 saturated heterocycles. The zero-order valence-electron chi connectivity index (χ0n) is 23.7. The summed E-state index contributed by atoms with van der Waals surface area (Å²) in [5.74, 6) is -1.20. The molecule has 0 aliphatic carbocycles. The van der Waals surface area contributed by atoms with E-state index in [1.54, 1.807) is 34.6 Å². The summed E-state index contributed by atoms with van der Waals surface area (Å²) in [5, 5.41) is 5.40. The van der Waals surface area contributed by atoms with Gasteiger partial charge in [0.1, 0.15) is 17.7 Å². The molecule has 2 atom stereocenters. The van der Waals surface area contributed by atoms with E-state index < -0.39 is 41.6 Å². The van der Waals surface area contributed by atoms with E-state index in [9.17, 15) is 19.2 Å². The molecule has 2 N–H and O–H groups in total. The number of benzene rings is 1. The summed E-state index contributed by atoms with van der Waals surface area (Å²) in [5.41, 5.74) is 2.00. The first-order valence-electron chi connectivity index (χ1n) is 13.1. The standard InChI is InChI=1S/C28H45N3O6/c1-9-11-12-17-31(26(34)21(5)30-27(35)37-28(6,7)8)24(22-14-13-19(3)20(4)18-22)25(33)29-16-15-23(32)36-10-2/h13-14,18,21,24H,9-12,15-17H2,1-8H3,(H,29,33)(H,30,35). The monoisotopic (exact) mass is 519 g/mol. The topological polar surface area (TPSA) is 114 Å². The third kappa shape index (κ3) is 11.2. The molecule has 2 unspecified atom stereocenters. The summed E-state index contributed by atoms with van der Waals surface area (Å²) in [6.45, 7) is 15.2. The predicted molar refractivity (Wildman–Crippen MR) is 143 cm³/mol. The number of carbonyl (C=O) groups is 4. The van der Waals surface area contributed by atoms with E-state index in [0.29, 0.717) is 18.5 Å². The highest BCUT2D eigenvalue weighted by Crippen LogP contribution is 2.25. The van der Waals surface area contributed by atoms with Gasteiger partial charge in [-0.2, -0.15) is 0 Å². The summed E-state index contributed by atoms with van der Waals surface area (Å²) in [6, 6.07) is 3.80. The number of nitrogens with one attached hydrogen (secondary N) is 2. The van der Waals surface area contributed by atoms with Crippen molar-refractivity contribution >= 4 is 23.9 Å². The molecule has 1 aromatic rings. The Morgan fingerprint density at radius 1 is 1.03 bits per heavy atom. The lowest BCUT2D eigenvalue weighted by molar-refractivity contribution is -0.144. The fourth-order valence-electron chi connectivity index (χ4n) is 3.72. The van der Waals surface area contributed by atoms with Crippen LogP contribution in [0.15, 0.2) is 18.2 Å². The molecule has 0 bridgehead atoms. The van der Waals surface area contributed by atoms with Crippen LogP contribution in [0.3, 0.4) is 0 Å². The zero-order chi connectivity index (χ0) is 28.2. The molecule has 208 valence electrons. The molecule has 0 aliphatic rings. The molecule has 9 heteroatoms. The molecule has 0 fully saturated rings. The van der Waals surface area contributed by atoms with E-state index in [-0.39, 0.29) is 19.6 Å². The third-order valence-electron chi connectivity index (χ3n) is 5.73. The van der Waals surface area contributed by atoms with Crippen molar-refractivity contribution in [2.75, 3.05) is 19.7 Å². The number of alkyl carbamates (subject to hydrolysis) is 1. The van der Waals surface area contributed by atoms with Crippen molar-refractivity contribution in [3.05, 3.63) is 34.9 Å². The number of hydrogen-bond acceptors (Lipinski definition) is 6. The maximum absolute atomic E-state index is 13.7. The molecule has 0 radical (unpaired) electrons. The summed E-state index contributed by atoms with van der Waals surface area (Å²) in [6.07, 6.45) is 1.83. The second kappa shape index (κ2) is 15.2. The van der Waals surface area contributed by atoms with E-state index in [1.807, 2.05) is 32.0 Å². The van der Waals surface area contributed by atoms with Gasteiger partial charge in [0, 0.05) is 13.1 Å². The van der Waals surface area contributed by atoms with E-state index in [0.717, 1.165) is 24.0 Å². The van der Waals surface area contributed by atoms with Gasteiger partial charge in [-0.15, -0.1) is 0 Å². The average molecular weight is 520 g/mol. The Labute approximate surface area is 221 Å².